The van der Waals surface area contributed by atoms with Crippen molar-refractivity contribution in [3.8, 4) is 0 Å². The molecule has 2 atom stereocenters. The molecule has 0 saturated carbocycles. The van der Waals surface area contributed by atoms with E-state index in [9.17, 15) is 0 Å². The molecule has 0 saturated heterocycles. The molecular formula is C25H32NO2P. The summed E-state index contributed by atoms with van der Waals surface area (Å²) in [5, 5.41) is 4.33. The zero-order valence-electron chi connectivity index (χ0n) is 17.7. The zero-order chi connectivity index (χ0) is 20.5. The summed E-state index contributed by atoms with van der Waals surface area (Å²) in [6.45, 7) is 5.62. The normalized spacial score (nSPS) is 17.1. The molecule has 0 aromatic heterocycles. The summed E-state index contributed by atoms with van der Waals surface area (Å²) in [6.07, 6.45) is 6.95. The van der Waals surface area contributed by atoms with E-state index in [0.29, 0.717) is 12.0 Å². The molecule has 3 nitrogen and oxygen atoms in total. The molecule has 0 bridgehead atoms. The van der Waals surface area contributed by atoms with Crippen LogP contribution in [0.1, 0.15) is 6.92 Å². The van der Waals surface area contributed by atoms with Crippen molar-refractivity contribution in [3.63, 3.8) is 0 Å². The van der Waals surface area contributed by atoms with Gasteiger partial charge in [0.25, 0.3) is 0 Å². The number of benzene rings is 2. The highest BCUT2D eigenvalue weighted by molar-refractivity contribution is 7.76. The van der Waals surface area contributed by atoms with E-state index in [1.54, 1.807) is 14.2 Å². The van der Waals surface area contributed by atoms with Crippen LogP contribution in [0.5, 0.6) is 0 Å². The second kappa shape index (κ2) is 11.4. The number of rotatable bonds is 11. The Morgan fingerprint density at radius 3 is 1.86 bits per heavy atom. The molecule has 0 heterocycles. The molecular weight excluding hydrogens is 377 g/mol. The molecule has 2 aromatic carbocycles. The number of nitrogens with zero attached hydrogens (tertiary/aromatic N) is 1. The van der Waals surface area contributed by atoms with Gasteiger partial charge in [0.15, 0.2) is 0 Å². The van der Waals surface area contributed by atoms with E-state index < -0.39 is 7.92 Å². The van der Waals surface area contributed by atoms with E-state index in [4.69, 9.17) is 9.47 Å². The van der Waals surface area contributed by atoms with E-state index in [1.807, 2.05) is 0 Å². The van der Waals surface area contributed by atoms with Crippen molar-refractivity contribution in [3.05, 3.63) is 84.2 Å². The van der Waals surface area contributed by atoms with Gasteiger partial charge in [-0.25, -0.2) is 0 Å². The molecule has 3 rings (SSSR count). The van der Waals surface area contributed by atoms with Crippen LogP contribution < -0.4 is 10.6 Å². The molecule has 1 aliphatic rings. The highest BCUT2D eigenvalue weighted by atomic mass is 31.1. The van der Waals surface area contributed by atoms with Gasteiger partial charge in [-0.1, -0.05) is 78.9 Å². The summed E-state index contributed by atoms with van der Waals surface area (Å²) in [6, 6.07) is 22.3. The maximum absolute atomic E-state index is 5.37. The van der Waals surface area contributed by atoms with Crippen molar-refractivity contribution >= 4 is 18.5 Å². The van der Waals surface area contributed by atoms with E-state index in [-0.39, 0.29) is 0 Å². The van der Waals surface area contributed by atoms with Gasteiger partial charge in [-0.15, -0.1) is 0 Å². The fourth-order valence-electron chi connectivity index (χ4n) is 3.88. The SMILES string of the molecule is COCCN(CCOC)[C@@H](C)C1C=CC=C1P(c1ccccc1)c1ccccc1. The minimum absolute atomic E-state index is 0.378. The van der Waals surface area contributed by atoms with Crippen LogP contribution in [0.25, 0.3) is 0 Å². The quantitative estimate of drug-likeness (QED) is 0.520. The Hall–Kier alpha value is -1.77. The van der Waals surface area contributed by atoms with Crippen molar-refractivity contribution in [1.82, 2.24) is 4.90 Å². The monoisotopic (exact) mass is 409 g/mol. The van der Waals surface area contributed by atoms with Gasteiger partial charge in [-0.2, -0.15) is 0 Å². The fourth-order valence-corrected chi connectivity index (χ4v) is 6.55. The first kappa shape index (κ1) is 21.9. The van der Waals surface area contributed by atoms with Crippen molar-refractivity contribution in [1.29, 1.82) is 0 Å². The van der Waals surface area contributed by atoms with Crippen LogP contribution >= 0.6 is 7.92 Å². The van der Waals surface area contributed by atoms with Gasteiger partial charge in [-0.3, -0.25) is 4.90 Å². The van der Waals surface area contributed by atoms with Gasteiger partial charge in [0.2, 0.25) is 0 Å². The third-order valence-corrected chi connectivity index (χ3v) is 8.07. The highest BCUT2D eigenvalue weighted by Crippen LogP contribution is 2.50. The standard InChI is InChI=1S/C25H32NO2P/c1-21(26(17-19-27-2)18-20-28-3)24-15-10-16-25(24)29(22-11-6-4-7-12-22)23-13-8-5-9-14-23/h4-16,21,24H,17-20H2,1-3H3/t21-,24?/m0/s1. The molecule has 4 heteroatoms. The summed E-state index contributed by atoms with van der Waals surface area (Å²) in [5.74, 6) is 0.384. The van der Waals surface area contributed by atoms with E-state index in [1.165, 1.54) is 15.9 Å². The predicted octanol–water partition coefficient (Wildman–Crippen LogP) is 4.17. The van der Waals surface area contributed by atoms with Gasteiger partial charge in [0.05, 0.1) is 13.2 Å². The molecule has 1 unspecified atom stereocenters. The Labute approximate surface area is 176 Å². The summed E-state index contributed by atoms with van der Waals surface area (Å²) >= 11 is 0. The van der Waals surface area contributed by atoms with Gasteiger partial charge in [0.1, 0.15) is 0 Å². The van der Waals surface area contributed by atoms with E-state index in [0.717, 1.165) is 26.3 Å². The van der Waals surface area contributed by atoms with Crippen LogP contribution in [-0.2, 0) is 9.47 Å². The first-order chi connectivity index (χ1) is 14.3. The largest absolute Gasteiger partial charge is 0.383 e. The van der Waals surface area contributed by atoms with Crippen LogP contribution in [0.4, 0.5) is 0 Å². The maximum Gasteiger partial charge on any atom is 0.0589 e. The predicted molar refractivity (Wildman–Crippen MR) is 125 cm³/mol. The molecule has 0 fully saturated rings. The number of hydrogen-bond donors (Lipinski definition) is 0. The molecule has 1 aliphatic carbocycles. The Morgan fingerprint density at radius 2 is 1.38 bits per heavy atom. The smallest absolute Gasteiger partial charge is 0.0589 e. The second-order valence-electron chi connectivity index (χ2n) is 7.27. The molecule has 0 N–H and O–H groups in total. The average Bonchev–Trinajstić information content (AvgIpc) is 3.24. The summed E-state index contributed by atoms with van der Waals surface area (Å²) < 4.78 is 10.7. The van der Waals surface area contributed by atoms with Crippen molar-refractivity contribution < 1.29 is 9.47 Å². The minimum Gasteiger partial charge on any atom is -0.383 e. The number of ether oxygens (including phenoxy) is 2. The lowest BCUT2D eigenvalue weighted by Gasteiger charge is -2.36. The zero-order valence-corrected chi connectivity index (χ0v) is 18.6. The van der Waals surface area contributed by atoms with Crippen LogP contribution in [0.15, 0.2) is 84.2 Å². The number of allylic oxidation sites excluding steroid dienone is 2. The fraction of sp³-hybridized carbons (Fsp3) is 0.360. The molecule has 0 spiro atoms. The molecule has 0 aliphatic heterocycles. The lowest BCUT2D eigenvalue weighted by Crippen LogP contribution is -2.42. The third kappa shape index (κ3) is 5.65. The lowest BCUT2D eigenvalue weighted by molar-refractivity contribution is 0.0848. The number of hydrogen-bond acceptors (Lipinski definition) is 3. The Morgan fingerprint density at radius 1 is 0.862 bits per heavy atom. The Kier molecular flexibility index (Phi) is 8.64. The molecule has 0 amide bonds. The van der Waals surface area contributed by atoms with Gasteiger partial charge in [0, 0.05) is 39.3 Å². The first-order valence-electron chi connectivity index (χ1n) is 10.3. The summed E-state index contributed by atoms with van der Waals surface area (Å²) in [5.41, 5.74) is 0. The van der Waals surface area contributed by atoms with Crippen molar-refractivity contribution in [2.75, 3.05) is 40.5 Å². The van der Waals surface area contributed by atoms with Crippen LogP contribution in [0.3, 0.4) is 0 Å². The lowest BCUT2D eigenvalue weighted by atomic mass is 10.0. The van der Waals surface area contributed by atoms with Crippen LogP contribution in [0, 0.1) is 5.92 Å². The first-order valence-corrected chi connectivity index (χ1v) is 11.6. The molecule has 29 heavy (non-hydrogen) atoms. The average molecular weight is 410 g/mol. The summed E-state index contributed by atoms with van der Waals surface area (Å²) in [7, 11) is 2.97. The van der Waals surface area contributed by atoms with E-state index in [2.05, 4.69) is 90.7 Å². The van der Waals surface area contributed by atoms with Gasteiger partial charge < -0.3 is 9.47 Å². The van der Waals surface area contributed by atoms with Crippen LogP contribution in [-0.4, -0.2) is 51.5 Å². The minimum atomic E-state index is -0.565. The third-order valence-electron chi connectivity index (χ3n) is 5.47. The highest BCUT2D eigenvalue weighted by Gasteiger charge is 2.32. The van der Waals surface area contributed by atoms with Gasteiger partial charge >= 0.3 is 0 Å². The molecule has 0 radical (unpaired) electrons. The van der Waals surface area contributed by atoms with Gasteiger partial charge in [-0.05, 0) is 30.8 Å². The Balaban J connectivity index is 1.90. The van der Waals surface area contributed by atoms with E-state index >= 15 is 0 Å². The number of methoxy groups -OCH3 is 2. The van der Waals surface area contributed by atoms with Crippen molar-refractivity contribution in [2.24, 2.45) is 5.92 Å². The van der Waals surface area contributed by atoms with Crippen molar-refractivity contribution in [2.45, 2.75) is 13.0 Å². The topological polar surface area (TPSA) is 21.7 Å². The Bertz CT molecular complexity index is 743. The van der Waals surface area contributed by atoms with Crippen LogP contribution in [0.2, 0.25) is 0 Å². The molecule has 2 aromatic rings. The molecule has 154 valence electrons. The second-order valence-corrected chi connectivity index (χ2v) is 9.49. The maximum atomic E-state index is 5.37. The summed E-state index contributed by atoms with van der Waals surface area (Å²) in [4.78, 5) is 2.49.